The summed E-state index contributed by atoms with van der Waals surface area (Å²) in [5.41, 5.74) is -0.776. The molecule has 2 aliphatic rings. The molecule has 22 heavy (non-hydrogen) atoms. The van der Waals surface area contributed by atoms with Gasteiger partial charge < -0.3 is 13.9 Å². The standard InChI is InChI=1S/C16H27IO4Si/c1-14(2,3)22(7,8)20-12-10(17)9-11(18)13-16(12,6)21-15(4,5)19-13/h9,12-13H,1-8H3/t12-,13-,16+/m1/s1. The van der Waals surface area contributed by atoms with Crippen LogP contribution in [0.4, 0.5) is 0 Å². The van der Waals surface area contributed by atoms with Gasteiger partial charge in [0.15, 0.2) is 26.0 Å². The van der Waals surface area contributed by atoms with E-state index in [0.29, 0.717) is 0 Å². The Balaban J connectivity index is 2.41. The van der Waals surface area contributed by atoms with Crippen molar-refractivity contribution in [1.29, 1.82) is 0 Å². The molecule has 0 N–H and O–H groups in total. The lowest BCUT2D eigenvalue weighted by Gasteiger charge is -2.46. The van der Waals surface area contributed by atoms with E-state index in [1.807, 2.05) is 20.8 Å². The Labute approximate surface area is 148 Å². The molecule has 1 fully saturated rings. The largest absolute Gasteiger partial charge is 0.406 e. The minimum absolute atomic E-state index is 0.0347. The average Bonchev–Trinajstić information content (AvgIpc) is 2.54. The van der Waals surface area contributed by atoms with E-state index in [2.05, 4.69) is 56.5 Å². The first-order valence-corrected chi connectivity index (χ1v) is 11.7. The minimum atomic E-state index is -2.00. The van der Waals surface area contributed by atoms with Crippen molar-refractivity contribution in [1.82, 2.24) is 0 Å². The summed E-state index contributed by atoms with van der Waals surface area (Å²) in [6.45, 7) is 16.7. The molecule has 0 saturated carbocycles. The molecule has 0 bridgehead atoms. The van der Waals surface area contributed by atoms with Crippen molar-refractivity contribution < 1.29 is 18.7 Å². The van der Waals surface area contributed by atoms with Crippen molar-refractivity contribution in [2.75, 3.05) is 0 Å². The van der Waals surface area contributed by atoms with E-state index in [-0.39, 0.29) is 16.9 Å². The molecule has 1 aliphatic carbocycles. The van der Waals surface area contributed by atoms with Gasteiger partial charge in [-0.05, 0) is 67.6 Å². The van der Waals surface area contributed by atoms with Gasteiger partial charge in [0.25, 0.3) is 0 Å². The van der Waals surface area contributed by atoms with Gasteiger partial charge >= 0.3 is 0 Å². The molecule has 0 aromatic rings. The summed E-state index contributed by atoms with van der Waals surface area (Å²) in [5, 5.41) is 0.0895. The maximum atomic E-state index is 12.4. The van der Waals surface area contributed by atoms with E-state index >= 15 is 0 Å². The lowest BCUT2D eigenvalue weighted by Crippen LogP contribution is -2.59. The maximum absolute atomic E-state index is 12.4. The summed E-state index contributed by atoms with van der Waals surface area (Å²) in [7, 11) is -2.00. The molecule has 0 amide bonds. The molecule has 0 unspecified atom stereocenters. The molecule has 3 atom stereocenters. The molecule has 4 nitrogen and oxygen atoms in total. The highest BCUT2D eigenvalue weighted by molar-refractivity contribution is 14.1. The van der Waals surface area contributed by atoms with E-state index in [9.17, 15) is 4.79 Å². The van der Waals surface area contributed by atoms with Crippen molar-refractivity contribution in [2.24, 2.45) is 0 Å². The van der Waals surface area contributed by atoms with Crippen LogP contribution in [-0.2, 0) is 18.7 Å². The third-order valence-corrected chi connectivity index (χ3v) is 10.2. The smallest absolute Gasteiger partial charge is 0.193 e. The highest BCUT2D eigenvalue weighted by Crippen LogP contribution is 2.48. The number of fused-ring (bicyclic) bond motifs is 1. The maximum Gasteiger partial charge on any atom is 0.193 e. The first-order chi connectivity index (χ1) is 9.70. The van der Waals surface area contributed by atoms with Crippen LogP contribution in [0.3, 0.4) is 0 Å². The number of carbonyl (C=O) groups is 1. The zero-order valence-electron chi connectivity index (χ0n) is 14.7. The Hall–Kier alpha value is 0.237. The van der Waals surface area contributed by atoms with E-state index in [1.165, 1.54) is 0 Å². The third-order valence-electron chi connectivity index (χ3n) is 4.92. The number of halogens is 1. The number of ether oxygens (including phenoxy) is 2. The van der Waals surface area contributed by atoms with Gasteiger partial charge in [-0.3, -0.25) is 4.79 Å². The Kier molecular flexibility index (Phi) is 4.54. The van der Waals surface area contributed by atoms with Gasteiger partial charge in [0.2, 0.25) is 0 Å². The molecular formula is C16H27IO4Si. The average molecular weight is 438 g/mol. The molecule has 1 aliphatic heterocycles. The van der Waals surface area contributed by atoms with Gasteiger partial charge in [0.1, 0.15) is 11.7 Å². The van der Waals surface area contributed by atoms with Gasteiger partial charge in [-0.15, -0.1) is 0 Å². The second-order valence-electron chi connectivity index (χ2n) is 8.37. The topological polar surface area (TPSA) is 44.8 Å². The van der Waals surface area contributed by atoms with E-state index < -0.39 is 25.8 Å². The number of hydrogen-bond donors (Lipinski definition) is 0. The molecule has 0 radical (unpaired) electrons. The molecule has 6 heteroatoms. The van der Waals surface area contributed by atoms with Crippen LogP contribution in [-0.4, -0.2) is 37.7 Å². The monoisotopic (exact) mass is 438 g/mol. The fourth-order valence-corrected chi connectivity index (χ4v) is 5.34. The van der Waals surface area contributed by atoms with Crippen LogP contribution in [0.2, 0.25) is 18.1 Å². The second-order valence-corrected chi connectivity index (χ2v) is 14.4. The van der Waals surface area contributed by atoms with Crippen LogP contribution in [0, 0.1) is 0 Å². The first kappa shape index (κ1) is 18.6. The zero-order valence-corrected chi connectivity index (χ0v) is 17.9. The van der Waals surface area contributed by atoms with Gasteiger partial charge in [0.05, 0.1) is 0 Å². The Morgan fingerprint density at radius 3 is 2.32 bits per heavy atom. The van der Waals surface area contributed by atoms with Gasteiger partial charge in [-0.1, -0.05) is 20.8 Å². The predicted molar refractivity (Wildman–Crippen MR) is 97.6 cm³/mol. The molecular weight excluding hydrogens is 411 g/mol. The summed E-state index contributed by atoms with van der Waals surface area (Å²) in [6.07, 6.45) is 0.782. The van der Waals surface area contributed by atoms with Gasteiger partial charge in [-0.2, -0.15) is 0 Å². The van der Waals surface area contributed by atoms with Crippen molar-refractivity contribution in [3.05, 3.63) is 9.66 Å². The lowest BCUT2D eigenvalue weighted by molar-refractivity contribution is -0.172. The molecule has 126 valence electrons. The van der Waals surface area contributed by atoms with E-state index in [0.717, 1.165) is 3.58 Å². The normalized spacial score (nSPS) is 35.3. The number of carbonyl (C=O) groups excluding carboxylic acids is 1. The molecule has 0 spiro atoms. The van der Waals surface area contributed by atoms with Crippen molar-refractivity contribution >= 4 is 36.7 Å². The first-order valence-electron chi connectivity index (χ1n) is 7.66. The summed E-state index contributed by atoms with van der Waals surface area (Å²) in [5.74, 6) is -0.813. The summed E-state index contributed by atoms with van der Waals surface area (Å²) < 4.78 is 19.5. The van der Waals surface area contributed by atoms with E-state index in [4.69, 9.17) is 13.9 Å². The minimum Gasteiger partial charge on any atom is -0.406 e. The zero-order chi connectivity index (χ0) is 17.1. The van der Waals surface area contributed by atoms with Crippen molar-refractivity contribution in [3.8, 4) is 0 Å². The fraction of sp³-hybridized carbons (Fsp3) is 0.812. The van der Waals surface area contributed by atoms with Crippen molar-refractivity contribution in [2.45, 2.75) is 83.3 Å². The number of hydrogen-bond acceptors (Lipinski definition) is 4. The Bertz CT molecular complexity index is 521. The predicted octanol–water partition coefficient (Wildman–Crippen LogP) is 4.19. The molecule has 0 aromatic carbocycles. The highest BCUT2D eigenvalue weighted by Gasteiger charge is 2.61. The molecule has 1 saturated heterocycles. The van der Waals surface area contributed by atoms with Gasteiger partial charge in [0, 0.05) is 3.58 Å². The van der Waals surface area contributed by atoms with Crippen LogP contribution in [0.15, 0.2) is 9.66 Å². The van der Waals surface area contributed by atoms with Crippen LogP contribution in [0.25, 0.3) is 0 Å². The second kappa shape index (κ2) is 5.37. The Morgan fingerprint density at radius 1 is 1.27 bits per heavy atom. The summed E-state index contributed by atoms with van der Waals surface area (Å²) in [6, 6.07) is 0. The SMILES string of the molecule is CC1(C)O[C@@H]2C(=O)C=C(I)[C@@H](O[Si](C)(C)C(C)(C)C)[C@]2(C)O1. The summed E-state index contributed by atoms with van der Waals surface area (Å²) in [4.78, 5) is 12.4. The number of ketones is 1. The van der Waals surface area contributed by atoms with Crippen molar-refractivity contribution in [3.63, 3.8) is 0 Å². The fourth-order valence-electron chi connectivity index (χ4n) is 2.75. The Morgan fingerprint density at radius 2 is 1.82 bits per heavy atom. The van der Waals surface area contributed by atoms with E-state index in [1.54, 1.807) is 6.08 Å². The van der Waals surface area contributed by atoms with Crippen LogP contribution in [0.1, 0.15) is 41.5 Å². The van der Waals surface area contributed by atoms with Crippen LogP contribution in [0.5, 0.6) is 0 Å². The highest BCUT2D eigenvalue weighted by atomic mass is 127. The van der Waals surface area contributed by atoms with Crippen LogP contribution < -0.4 is 0 Å². The molecule has 1 heterocycles. The van der Waals surface area contributed by atoms with Gasteiger partial charge in [-0.25, -0.2) is 0 Å². The van der Waals surface area contributed by atoms with Crippen LogP contribution >= 0.6 is 22.6 Å². The quantitative estimate of drug-likeness (QED) is 0.479. The molecule has 2 rings (SSSR count). The molecule has 0 aromatic heterocycles. The lowest BCUT2D eigenvalue weighted by atomic mass is 9.85. The number of rotatable bonds is 2. The summed E-state index contributed by atoms with van der Waals surface area (Å²) >= 11 is 2.20. The third kappa shape index (κ3) is 3.09.